The summed E-state index contributed by atoms with van der Waals surface area (Å²) in [6.45, 7) is 10.9. The number of ether oxygens (including phenoxy) is 1. The molecule has 0 spiro atoms. The number of aliphatic hydroxyl groups is 2. The predicted molar refractivity (Wildman–Crippen MR) is 99.9 cm³/mol. The molecule has 1 saturated carbocycles. The maximum absolute atomic E-state index is 9.55. The quantitative estimate of drug-likeness (QED) is 0.748. The van der Waals surface area contributed by atoms with Crippen LogP contribution in [-0.4, -0.2) is 53.7 Å². The van der Waals surface area contributed by atoms with E-state index >= 15 is 0 Å². The van der Waals surface area contributed by atoms with Gasteiger partial charge in [-0.05, 0) is 57.7 Å². The molecule has 0 aromatic carbocycles. The van der Waals surface area contributed by atoms with E-state index in [0.29, 0.717) is 0 Å². The Bertz CT molecular complexity index is 317. The Morgan fingerprint density at radius 3 is 1.96 bits per heavy atom. The average molecular weight is 344 g/mol. The monoisotopic (exact) mass is 343 g/mol. The molecule has 2 fully saturated rings. The highest BCUT2D eigenvalue weighted by atomic mass is 16.6. The summed E-state index contributed by atoms with van der Waals surface area (Å²) in [6, 6.07) is 0. The molecule has 2 N–H and O–H groups in total. The maximum atomic E-state index is 9.55. The van der Waals surface area contributed by atoms with Gasteiger partial charge >= 0.3 is 0 Å². The molecule has 0 amide bonds. The first-order valence-corrected chi connectivity index (χ1v) is 9.97. The number of hydrogen-bond acceptors (Lipinski definition) is 4. The van der Waals surface area contributed by atoms with Crippen molar-refractivity contribution in [3.05, 3.63) is 0 Å². The number of likely N-dealkylation sites (tertiary alicyclic amines) is 1. The third-order valence-electron chi connectivity index (χ3n) is 5.71. The smallest absolute Gasteiger partial charge is 0.189 e. The lowest BCUT2D eigenvalue weighted by Gasteiger charge is -2.31. The fourth-order valence-electron chi connectivity index (χ4n) is 3.33. The fourth-order valence-corrected chi connectivity index (χ4v) is 3.33. The second-order valence-electron chi connectivity index (χ2n) is 8.49. The molecule has 1 aliphatic carbocycles. The number of nitrogens with zero attached hydrogens (tertiary/aromatic N) is 1. The molecule has 1 aliphatic heterocycles. The van der Waals surface area contributed by atoms with Crippen molar-refractivity contribution in [1.82, 2.24) is 4.90 Å². The van der Waals surface area contributed by atoms with Crippen molar-refractivity contribution in [3.63, 3.8) is 0 Å². The predicted octanol–water partition coefficient (Wildman–Crippen LogP) is 3.66. The standard InChI is InChI=1S/C11H22O3.C9H19N/c1-9(2)11(12,13)8-14-10-6-4-3-5-7-10;1-8(2)9-4-6-10(3)7-5-9/h9-10,12-13H,3-8H2,1-2H3;8-9H,4-7H2,1-3H3. The van der Waals surface area contributed by atoms with Crippen LogP contribution in [0.1, 0.15) is 72.6 Å². The lowest BCUT2D eigenvalue weighted by atomic mass is 9.87. The topological polar surface area (TPSA) is 52.9 Å². The van der Waals surface area contributed by atoms with Crippen LogP contribution in [0.3, 0.4) is 0 Å². The van der Waals surface area contributed by atoms with Gasteiger partial charge in [0.1, 0.15) is 6.61 Å². The van der Waals surface area contributed by atoms with E-state index in [0.717, 1.165) is 24.7 Å². The summed E-state index contributed by atoms with van der Waals surface area (Å²) in [6.07, 6.45) is 8.88. The Kier molecular flexibility index (Phi) is 9.80. The molecule has 24 heavy (non-hydrogen) atoms. The summed E-state index contributed by atoms with van der Waals surface area (Å²) in [7, 11) is 2.22. The van der Waals surface area contributed by atoms with E-state index in [1.54, 1.807) is 13.8 Å². The van der Waals surface area contributed by atoms with Gasteiger partial charge in [0.15, 0.2) is 5.79 Å². The van der Waals surface area contributed by atoms with Gasteiger partial charge in [-0.15, -0.1) is 0 Å². The van der Waals surface area contributed by atoms with Crippen molar-refractivity contribution in [3.8, 4) is 0 Å². The minimum Gasteiger partial charge on any atom is -0.373 e. The highest BCUT2D eigenvalue weighted by Crippen LogP contribution is 2.23. The van der Waals surface area contributed by atoms with E-state index in [4.69, 9.17) is 4.74 Å². The normalized spacial score (nSPS) is 21.9. The summed E-state index contributed by atoms with van der Waals surface area (Å²) in [5, 5.41) is 19.1. The van der Waals surface area contributed by atoms with E-state index in [2.05, 4.69) is 25.8 Å². The molecule has 1 saturated heterocycles. The zero-order valence-electron chi connectivity index (χ0n) is 16.6. The Labute approximate surface area is 149 Å². The molecule has 1 heterocycles. The second kappa shape index (κ2) is 10.7. The molecule has 0 atom stereocenters. The van der Waals surface area contributed by atoms with Crippen LogP contribution in [0.4, 0.5) is 0 Å². The van der Waals surface area contributed by atoms with E-state index in [9.17, 15) is 10.2 Å². The van der Waals surface area contributed by atoms with Gasteiger partial charge in [0, 0.05) is 5.92 Å². The van der Waals surface area contributed by atoms with E-state index in [1.807, 2.05) is 0 Å². The SMILES string of the molecule is CC(C)C(O)(O)COC1CCCCC1.CC(C)C1CCN(C)CC1. The zero-order valence-corrected chi connectivity index (χ0v) is 16.6. The largest absolute Gasteiger partial charge is 0.373 e. The first-order chi connectivity index (χ1) is 11.2. The van der Waals surface area contributed by atoms with Crippen LogP contribution in [0.25, 0.3) is 0 Å². The summed E-state index contributed by atoms with van der Waals surface area (Å²) in [4.78, 5) is 2.43. The van der Waals surface area contributed by atoms with Crippen LogP contribution in [0.15, 0.2) is 0 Å². The summed E-state index contributed by atoms with van der Waals surface area (Å²) < 4.78 is 5.51. The molecule has 4 heteroatoms. The highest BCUT2D eigenvalue weighted by Gasteiger charge is 2.29. The third-order valence-corrected chi connectivity index (χ3v) is 5.71. The minimum atomic E-state index is -1.67. The molecule has 0 unspecified atom stereocenters. The molecule has 0 bridgehead atoms. The van der Waals surface area contributed by atoms with Gasteiger partial charge in [-0.2, -0.15) is 0 Å². The molecule has 0 aromatic heterocycles. The summed E-state index contributed by atoms with van der Waals surface area (Å²) >= 11 is 0. The van der Waals surface area contributed by atoms with Crippen LogP contribution < -0.4 is 0 Å². The Hall–Kier alpha value is -0.160. The van der Waals surface area contributed by atoms with E-state index < -0.39 is 5.79 Å². The molecule has 0 radical (unpaired) electrons. The Balaban J connectivity index is 0.000000254. The van der Waals surface area contributed by atoms with E-state index in [1.165, 1.54) is 45.2 Å². The maximum Gasteiger partial charge on any atom is 0.189 e. The Morgan fingerprint density at radius 1 is 0.958 bits per heavy atom. The molecule has 2 aliphatic rings. The molecular weight excluding hydrogens is 302 g/mol. The van der Waals surface area contributed by atoms with Gasteiger partial charge < -0.3 is 19.8 Å². The number of hydrogen-bond donors (Lipinski definition) is 2. The third kappa shape index (κ3) is 8.28. The van der Waals surface area contributed by atoms with Crippen LogP contribution in [-0.2, 0) is 4.74 Å². The van der Waals surface area contributed by atoms with Crippen LogP contribution >= 0.6 is 0 Å². The van der Waals surface area contributed by atoms with Crippen molar-refractivity contribution < 1.29 is 14.9 Å². The van der Waals surface area contributed by atoms with Crippen molar-refractivity contribution in [2.75, 3.05) is 26.7 Å². The molecular formula is C20H41NO3. The van der Waals surface area contributed by atoms with Gasteiger partial charge in [0.2, 0.25) is 0 Å². The fraction of sp³-hybridized carbons (Fsp3) is 1.00. The van der Waals surface area contributed by atoms with Crippen LogP contribution in [0, 0.1) is 17.8 Å². The first-order valence-electron chi connectivity index (χ1n) is 9.97. The number of rotatable bonds is 5. The molecule has 144 valence electrons. The van der Waals surface area contributed by atoms with Gasteiger partial charge in [-0.1, -0.05) is 47.0 Å². The highest BCUT2D eigenvalue weighted by molar-refractivity contribution is 4.72. The van der Waals surface area contributed by atoms with Crippen LogP contribution in [0.5, 0.6) is 0 Å². The first kappa shape index (κ1) is 21.9. The van der Waals surface area contributed by atoms with Crippen molar-refractivity contribution in [2.24, 2.45) is 17.8 Å². The number of piperidine rings is 1. The van der Waals surface area contributed by atoms with Crippen molar-refractivity contribution in [1.29, 1.82) is 0 Å². The summed E-state index contributed by atoms with van der Waals surface area (Å²) in [5.41, 5.74) is 0. The molecule has 0 aromatic rings. The molecule has 2 rings (SSSR count). The average Bonchev–Trinajstić information content (AvgIpc) is 2.55. The van der Waals surface area contributed by atoms with Gasteiger partial charge in [0.25, 0.3) is 0 Å². The van der Waals surface area contributed by atoms with Gasteiger partial charge in [-0.25, -0.2) is 0 Å². The zero-order chi connectivity index (χ0) is 18.2. The Morgan fingerprint density at radius 2 is 1.50 bits per heavy atom. The van der Waals surface area contributed by atoms with Crippen molar-refractivity contribution >= 4 is 0 Å². The van der Waals surface area contributed by atoms with Crippen LogP contribution in [0.2, 0.25) is 0 Å². The van der Waals surface area contributed by atoms with Gasteiger partial charge in [0.05, 0.1) is 6.10 Å². The van der Waals surface area contributed by atoms with E-state index in [-0.39, 0.29) is 18.6 Å². The minimum absolute atomic E-state index is 0.0370. The lowest BCUT2D eigenvalue weighted by molar-refractivity contribution is -0.233. The second-order valence-corrected chi connectivity index (χ2v) is 8.49. The lowest BCUT2D eigenvalue weighted by Crippen LogP contribution is -2.41. The van der Waals surface area contributed by atoms with Crippen molar-refractivity contribution in [2.45, 2.75) is 84.5 Å². The molecule has 4 nitrogen and oxygen atoms in total. The van der Waals surface area contributed by atoms with Gasteiger partial charge in [-0.3, -0.25) is 0 Å². The summed E-state index contributed by atoms with van der Waals surface area (Å²) in [5.74, 6) is 0.0354.